The molecule has 30 heavy (non-hydrogen) atoms. The van der Waals surface area contributed by atoms with Gasteiger partial charge in [0.25, 0.3) is 0 Å². The van der Waals surface area contributed by atoms with Crippen molar-refractivity contribution in [1.29, 1.82) is 0 Å². The van der Waals surface area contributed by atoms with E-state index >= 15 is 0 Å². The average molecular weight is 421 g/mol. The topological polar surface area (TPSA) is 60.7 Å². The van der Waals surface area contributed by atoms with Gasteiger partial charge >= 0.3 is 0 Å². The summed E-state index contributed by atoms with van der Waals surface area (Å²) in [6, 6.07) is 0. The molecule has 0 aromatic rings. The highest BCUT2D eigenvalue weighted by atomic mass is 16.3. The van der Waals surface area contributed by atoms with Crippen LogP contribution < -0.4 is 0 Å². The van der Waals surface area contributed by atoms with Gasteiger partial charge in [-0.25, -0.2) is 0 Å². The summed E-state index contributed by atoms with van der Waals surface area (Å²) in [5.74, 6) is 3.59. The highest BCUT2D eigenvalue weighted by molar-refractivity contribution is 5.14. The fourth-order valence-electron chi connectivity index (χ4n) is 9.18. The van der Waals surface area contributed by atoms with Gasteiger partial charge in [0.15, 0.2) is 0 Å². The molecule has 3 nitrogen and oxygen atoms in total. The summed E-state index contributed by atoms with van der Waals surface area (Å²) in [5, 5.41) is 33.2. The Labute approximate surface area is 185 Å². The largest absolute Gasteiger partial charge is 0.393 e. The summed E-state index contributed by atoms with van der Waals surface area (Å²) in [5.41, 5.74) is 0.128. The summed E-state index contributed by atoms with van der Waals surface area (Å²) < 4.78 is 0. The van der Waals surface area contributed by atoms with Crippen molar-refractivity contribution in [2.24, 2.45) is 52.3 Å². The zero-order valence-electron chi connectivity index (χ0n) is 20.2. The third-order valence-corrected chi connectivity index (χ3v) is 11.0. The Bertz CT molecular complexity index is 605. The van der Waals surface area contributed by atoms with Crippen LogP contribution in [0.4, 0.5) is 0 Å². The molecule has 0 amide bonds. The number of fused-ring (bicyclic) bond motifs is 5. The maximum Gasteiger partial charge on any atom is 0.0602 e. The Morgan fingerprint density at radius 2 is 1.60 bits per heavy atom. The van der Waals surface area contributed by atoms with E-state index < -0.39 is 0 Å². The maximum absolute atomic E-state index is 11.6. The lowest BCUT2D eigenvalue weighted by Gasteiger charge is -2.63. The third-order valence-electron chi connectivity index (χ3n) is 11.0. The van der Waals surface area contributed by atoms with Crippen LogP contribution in [0.15, 0.2) is 0 Å². The quantitative estimate of drug-likeness (QED) is 0.557. The first-order chi connectivity index (χ1) is 14.1. The molecule has 4 aliphatic rings. The Morgan fingerprint density at radius 3 is 2.30 bits per heavy atom. The third kappa shape index (κ3) is 3.59. The molecule has 0 heterocycles. The lowest BCUT2D eigenvalue weighted by atomic mass is 9.43. The minimum atomic E-state index is -0.259. The molecular formula is C27H48O3. The zero-order chi connectivity index (χ0) is 21.8. The van der Waals surface area contributed by atoms with Crippen molar-refractivity contribution < 1.29 is 15.3 Å². The Balaban J connectivity index is 1.56. The minimum Gasteiger partial charge on any atom is -0.393 e. The van der Waals surface area contributed by atoms with Gasteiger partial charge < -0.3 is 15.3 Å². The second kappa shape index (κ2) is 8.34. The molecule has 0 aromatic carbocycles. The van der Waals surface area contributed by atoms with Crippen LogP contribution in [0.25, 0.3) is 0 Å². The Kier molecular flexibility index (Phi) is 6.41. The van der Waals surface area contributed by atoms with Gasteiger partial charge in [0.2, 0.25) is 0 Å². The van der Waals surface area contributed by atoms with Crippen molar-refractivity contribution in [3.63, 3.8) is 0 Å². The van der Waals surface area contributed by atoms with E-state index in [1.54, 1.807) is 0 Å². The molecule has 0 aliphatic heterocycles. The molecule has 0 bridgehead atoms. The van der Waals surface area contributed by atoms with Crippen LogP contribution >= 0.6 is 0 Å². The molecule has 0 saturated heterocycles. The van der Waals surface area contributed by atoms with Crippen LogP contribution in [-0.2, 0) is 0 Å². The van der Waals surface area contributed by atoms with Crippen LogP contribution in [0.5, 0.6) is 0 Å². The van der Waals surface area contributed by atoms with Crippen LogP contribution in [0.1, 0.15) is 98.8 Å². The second-order valence-corrected chi connectivity index (χ2v) is 12.8. The summed E-state index contributed by atoms with van der Waals surface area (Å²) >= 11 is 0. The summed E-state index contributed by atoms with van der Waals surface area (Å²) in [7, 11) is 0. The van der Waals surface area contributed by atoms with E-state index in [-0.39, 0.29) is 29.1 Å². The molecule has 11 atom stereocenters. The van der Waals surface area contributed by atoms with Gasteiger partial charge in [0, 0.05) is 0 Å². The van der Waals surface area contributed by atoms with E-state index in [1.165, 1.54) is 32.1 Å². The van der Waals surface area contributed by atoms with Crippen molar-refractivity contribution in [2.75, 3.05) is 0 Å². The number of hydrogen-bond acceptors (Lipinski definition) is 3. The lowest BCUT2D eigenvalue weighted by Crippen LogP contribution is -2.62. The fraction of sp³-hybridized carbons (Fsp3) is 1.00. The Hall–Kier alpha value is -0.120. The molecule has 4 fully saturated rings. The van der Waals surface area contributed by atoms with Crippen LogP contribution in [-0.4, -0.2) is 33.6 Å². The van der Waals surface area contributed by atoms with E-state index in [0.29, 0.717) is 35.5 Å². The molecule has 0 radical (unpaired) electrons. The van der Waals surface area contributed by atoms with Gasteiger partial charge in [-0.05, 0) is 97.2 Å². The smallest absolute Gasteiger partial charge is 0.0602 e. The predicted molar refractivity (Wildman–Crippen MR) is 122 cm³/mol. The number of rotatable bonds is 5. The lowest BCUT2D eigenvalue weighted by molar-refractivity contribution is -0.207. The summed E-state index contributed by atoms with van der Waals surface area (Å²) in [6.07, 6.45) is 10.0. The zero-order valence-corrected chi connectivity index (χ0v) is 20.2. The van der Waals surface area contributed by atoms with Crippen molar-refractivity contribution in [2.45, 2.75) is 117 Å². The van der Waals surface area contributed by atoms with E-state index in [9.17, 15) is 15.3 Å². The fourth-order valence-corrected chi connectivity index (χ4v) is 9.18. The van der Waals surface area contributed by atoms with E-state index in [0.717, 1.165) is 38.0 Å². The first-order valence-electron chi connectivity index (χ1n) is 13.1. The first-order valence-corrected chi connectivity index (χ1v) is 13.1. The van der Waals surface area contributed by atoms with E-state index in [1.807, 2.05) is 0 Å². The second-order valence-electron chi connectivity index (χ2n) is 12.8. The van der Waals surface area contributed by atoms with Gasteiger partial charge in [-0.15, -0.1) is 0 Å². The minimum absolute atomic E-state index is 0.0449. The summed E-state index contributed by atoms with van der Waals surface area (Å²) in [4.78, 5) is 0. The molecule has 5 unspecified atom stereocenters. The first kappa shape index (κ1) is 23.1. The normalized spacial score (nSPS) is 51.9. The monoisotopic (exact) mass is 420 g/mol. The maximum atomic E-state index is 11.6. The Morgan fingerprint density at radius 1 is 0.867 bits per heavy atom. The van der Waals surface area contributed by atoms with Crippen LogP contribution in [0.2, 0.25) is 0 Å². The number of hydrogen-bond donors (Lipinski definition) is 3. The van der Waals surface area contributed by atoms with Gasteiger partial charge in [0.1, 0.15) is 0 Å². The molecule has 3 N–H and O–H groups in total. The van der Waals surface area contributed by atoms with Crippen molar-refractivity contribution >= 4 is 0 Å². The predicted octanol–water partition coefficient (Wildman–Crippen LogP) is 5.41. The van der Waals surface area contributed by atoms with Gasteiger partial charge in [-0.3, -0.25) is 0 Å². The van der Waals surface area contributed by atoms with Crippen LogP contribution in [0.3, 0.4) is 0 Å². The number of aliphatic hydroxyl groups is 3. The standard InChI is InChI=1S/C27H48O3/c1-16(2)7-6-8-17(3)20-9-10-21-25-22(15-24(30)27(20,21)5)26(4)12-11-19(28)13-18(26)14-23(25)29/h16-25,28-30H,6-15H2,1-5H3/t17?,18-,19+,20?,21?,22?,23+,24-,25?,26-,27+/m0/s1. The molecule has 0 aromatic heterocycles. The van der Waals surface area contributed by atoms with Gasteiger partial charge in [0.05, 0.1) is 18.3 Å². The van der Waals surface area contributed by atoms with Gasteiger partial charge in [-0.1, -0.05) is 53.9 Å². The van der Waals surface area contributed by atoms with E-state index in [2.05, 4.69) is 34.6 Å². The van der Waals surface area contributed by atoms with Crippen molar-refractivity contribution in [3.05, 3.63) is 0 Å². The molecule has 4 saturated carbocycles. The highest BCUT2D eigenvalue weighted by Gasteiger charge is 2.65. The van der Waals surface area contributed by atoms with Gasteiger partial charge in [-0.2, -0.15) is 0 Å². The highest BCUT2D eigenvalue weighted by Crippen LogP contribution is 2.68. The number of aliphatic hydroxyl groups excluding tert-OH is 3. The SMILES string of the molecule is CC(C)CCCC(C)C1CCC2C3C(C[C@H](O)[C@]12C)[C@@]1(C)CC[C@@H](O)C[C@H]1C[C@H]3O. The molecular weight excluding hydrogens is 372 g/mol. The molecule has 3 heteroatoms. The molecule has 4 aliphatic carbocycles. The molecule has 174 valence electrons. The van der Waals surface area contributed by atoms with Crippen molar-refractivity contribution in [3.8, 4) is 0 Å². The van der Waals surface area contributed by atoms with E-state index in [4.69, 9.17) is 0 Å². The molecule has 0 spiro atoms. The summed E-state index contributed by atoms with van der Waals surface area (Å²) in [6.45, 7) is 11.8. The van der Waals surface area contributed by atoms with Crippen LogP contribution in [0, 0.1) is 52.3 Å². The molecule has 4 rings (SSSR count). The van der Waals surface area contributed by atoms with Crippen molar-refractivity contribution in [1.82, 2.24) is 0 Å². The average Bonchev–Trinajstić information content (AvgIpc) is 3.02.